The van der Waals surface area contributed by atoms with Crippen LogP contribution < -0.4 is 29.6 Å². The fourth-order valence-electron chi connectivity index (χ4n) is 2.94. The van der Waals surface area contributed by atoms with Crippen LogP contribution in [0.3, 0.4) is 0 Å². The SMILES string of the molecule is CCC(NC(=S)Nc1ccc2c(c1)OCCO2)c1ccc(OC)c(OC)c1. The molecule has 27 heavy (non-hydrogen) atoms. The molecule has 7 heteroatoms. The molecule has 0 amide bonds. The van der Waals surface area contributed by atoms with Gasteiger partial charge in [-0.2, -0.15) is 0 Å². The minimum absolute atomic E-state index is 0.0435. The number of methoxy groups -OCH3 is 2. The summed E-state index contributed by atoms with van der Waals surface area (Å²) in [6.07, 6.45) is 0.860. The van der Waals surface area contributed by atoms with Crippen molar-refractivity contribution in [3.05, 3.63) is 42.0 Å². The summed E-state index contributed by atoms with van der Waals surface area (Å²) >= 11 is 5.49. The van der Waals surface area contributed by atoms with Crippen molar-refractivity contribution in [2.24, 2.45) is 0 Å². The van der Waals surface area contributed by atoms with Gasteiger partial charge in [0.2, 0.25) is 0 Å². The molecule has 0 fully saturated rings. The molecule has 1 atom stereocenters. The monoisotopic (exact) mass is 388 g/mol. The van der Waals surface area contributed by atoms with E-state index in [9.17, 15) is 0 Å². The van der Waals surface area contributed by atoms with Crippen LogP contribution >= 0.6 is 12.2 Å². The molecule has 1 aliphatic heterocycles. The fourth-order valence-corrected chi connectivity index (χ4v) is 3.20. The normalized spacial score (nSPS) is 13.4. The Morgan fingerprint density at radius 1 is 1.04 bits per heavy atom. The summed E-state index contributed by atoms with van der Waals surface area (Å²) in [5.41, 5.74) is 1.92. The zero-order chi connectivity index (χ0) is 19.2. The third kappa shape index (κ3) is 4.54. The highest BCUT2D eigenvalue weighted by Crippen LogP contribution is 2.33. The smallest absolute Gasteiger partial charge is 0.171 e. The largest absolute Gasteiger partial charge is 0.493 e. The molecule has 2 aromatic carbocycles. The van der Waals surface area contributed by atoms with Crippen LogP contribution in [0.15, 0.2) is 36.4 Å². The molecular weight excluding hydrogens is 364 g/mol. The number of nitrogens with one attached hydrogen (secondary N) is 2. The summed E-state index contributed by atoms with van der Waals surface area (Å²) in [6, 6.07) is 11.6. The van der Waals surface area contributed by atoms with Gasteiger partial charge >= 0.3 is 0 Å². The Kier molecular flexibility index (Phi) is 6.24. The lowest BCUT2D eigenvalue weighted by Gasteiger charge is -2.22. The van der Waals surface area contributed by atoms with E-state index in [2.05, 4.69) is 17.6 Å². The minimum atomic E-state index is 0.0435. The highest BCUT2D eigenvalue weighted by molar-refractivity contribution is 7.80. The number of hydrogen-bond donors (Lipinski definition) is 2. The number of fused-ring (bicyclic) bond motifs is 1. The first-order chi connectivity index (χ1) is 13.1. The molecular formula is C20H24N2O4S. The Morgan fingerprint density at radius 2 is 1.78 bits per heavy atom. The highest BCUT2D eigenvalue weighted by Gasteiger charge is 2.15. The molecule has 0 saturated heterocycles. The average molecular weight is 388 g/mol. The number of benzene rings is 2. The van der Waals surface area contributed by atoms with Crippen molar-refractivity contribution in [3.63, 3.8) is 0 Å². The van der Waals surface area contributed by atoms with Gasteiger partial charge in [-0.25, -0.2) is 0 Å². The Bertz CT molecular complexity index is 813. The molecule has 0 spiro atoms. The molecule has 6 nitrogen and oxygen atoms in total. The second-order valence-corrected chi connectivity index (χ2v) is 6.44. The van der Waals surface area contributed by atoms with Crippen LogP contribution in [0.25, 0.3) is 0 Å². The van der Waals surface area contributed by atoms with Crippen molar-refractivity contribution in [2.75, 3.05) is 32.8 Å². The number of anilines is 1. The molecule has 0 bridgehead atoms. The molecule has 1 unspecified atom stereocenters. The standard InChI is InChI=1S/C20H24N2O4S/c1-4-15(13-5-7-16(23-2)18(11-13)24-3)22-20(27)21-14-6-8-17-19(12-14)26-10-9-25-17/h5-8,11-12,15H,4,9-10H2,1-3H3,(H2,21,22,27). The van der Waals surface area contributed by atoms with Crippen LogP contribution in [0.4, 0.5) is 5.69 Å². The minimum Gasteiger partial charge on any atom is -0.493 e. The summed E-state index contributed by atoms with van der Waals surface area (Å²) in [7, 11) is 3.25. The number of ether oxygens (including phenoxy) is 4. The maximum absolute atomic E-state index is 5.61. The van der Waals surface area contributed by atoms with E-state index in [1.54, 1.807) is 14.2 Å². The molecule has 0 aromatic heterocycles. The van der Waals surface area contributed by atoms with Crippen molar-refractivity contribution in [1.82, 2.24) is 5.32 Å². The van der Waals surface area contributed by atoms with E-state index in [4.69, 9.17) is 31.2 Å². The molecule has 2 aromatic rings. The van der Waals surface area contributed by atoms with E-state index in [0.717, 1.165) is 29.2 Å². The Hall–Kier alpha value is -2.67. The zero-order valence-electron chi connectivity index (χ0n) is 15.7. The van der Waals surface area contributed by atoms with Crippen LogP contribution in [-0.4, -0.2) is 32.5 Å². The maximum atomic E-state index is 5.61. The quantitative estimate of drug-likeness (QED) is 0.728. The van der Waals surface area contributed by atoms with Gasteiger partial charge in [0.1, 0.15) is 13.2 Å². The lowest BCUT2D eigenvalue weighted by molar-refractivity contribution is 0.171. The maximum Gasteiger partial charge on any atom is 0.171 e. The zero-order valence-corrected chi connectivity index (χ0v) is 16.5. The lowest BCUT2D eigenvalue weighted by atomic mass is 10.0. The molecule has 1 aliphatic rings. The summed E-state index contributed by atoms with van der Waals surface area (Å²) in [4.78, 5) is 0. The van der Waals surface area contributed by atoms with Crippen molar-refractivity contribution >= 4 is 23.0 Å². The molecule has 0 aliphatic carbocycles. The first-order valence-electron chi connectivity index (χ1n) is 8.83. The van der Waals surface area contributed by atoms with Crippen molar-refractivity contribution in [1.29, 1.82) is 0 Å². The summed E-state index contributed by atoms with van der Waals surface area (Å²) in [6.45, 7) is 3.22. The fraction of sp³-hybridized carbons (Fsp3) is 0.350. The molecule has 1 heterocycles. The van der Waals surface area contributed by atoms with E-state index >= 15 is 0 Å². The van der Waals surface area contributed by atoms with Crippen molar-refractivity contribution in [3.8, 4) is 23.0 Å². The molecule has 2 N–H and O–H groups in total. The molecule has 3 rings (SSSR count). The first-order valence-corrected chi connectivity index (χ1v) is 9.24. The summed E-state index contributed by atoms with van der Waals surface area (Å²) in [5.74, 6) is 2.87. The highest BCUT2D eigenvalue weighted by atomic mass is 32.1. The Morgan fingerprint density at radius 3 is 2.48 bits per heavy atom. The van der Waals surface area contributed by atoms with E-state index in [1.807, 2.05) is 36.4 Å². The molecule has 0 saturated carbocycles. The van der Waals surface area contributed by atoms with Gasteiger partial charge in [-0.3, -0.25) is 0 Å². The Balaban J connectivity index is 1.68. The van der Waals surface area contributed by atoms with E-state index in [1.165, 1.54) is 0 Å². The summed E-state index contributed by atoms with van der Waals surface area (Å²) in [5, 5.41) is 7.09. The summed E-state index contributed by atoms with van der Waals surface area (Å²) < 4.78 is 21.9. The van der Waals surface area contributed by atoms with Crippen molar-refractivity contribution in [2.45, 2.75) is 19.4 Å². The predicted molar refractivity (Wildman–Crippen MR) is 109 cm³/mol. The van der Waals surface area contributed by atoms with Crippen LogP contribution in [0.5, 0.6) is 23.0 Å². The van der Waals surface area contributed by atoms with Crippen LogP contribution in [0.2, 0.25) is 0 Å². The first kappa shape index (κ1) is 19.1. The third-order valence-corrected chi connectivity index (χ3v) is 4.54. The van der Waals surface area contributed by atoms with Gasteiger partial charge in [0.15, 0.2) is 28.1 Å². The van der Waals surface area contributed by atoms with Gasteiger partial charge in [0.25, 0.3) is 0 Å². The van der Waals surface area contributed by atoms with Gasteiger partial charge in [-0.05, 0) is 48.5 Å². The van der Waals surface area contributed by atoms with E-state index in [-0.39, 0.29) is 6.04 Å². The second kappa shape index (κ2) is 8.81. The average Bonchev–Trinajstić information content (AvgIpc) is 2.71. The van der Waals surface area contributed by atoms with Crippen LogP contribution in [0.1, 0.15) is 24.9 Å². The number of rotatable bonds is 6. The van der Waals surface area contributed by atoms with Crippen molar-refractivity contribution < 1.29 is 18.9 Å². The van der Waals surface area contributed by atoms with Gasteiger partial charge in [-0.1, -0.05) is 13.0 Å². The van der Waals surface area contributed by atoms with Crippen LogP contribution in [0, 0.1) is 0 Å². The van der Waals surface area contributed by atoms with Crippen LogP contribution in [-0.2, 0) is 0 Å². The van der Waals surface area contributed by atoms with Gasteiger partial charge in [0.05, 0.1) is 20.3 Å². The molecule has 144 valence electrons. The van der Waals surface area contributed by atoms with Gasteiger partial charge in [0, 0.05) is 11.8 Å². The lowest BCUT2D eigenvalue weighted by Crippen LogP contribution is -2.32. The predicted octanol–water partition coefficient (Wildman–Crippen LogP) is 3.91. The molecule has 0 radical (unpaired) electrons. The number of thiocarbonyl (C=S) groups is 1. The Labute approximate surface area is 164 Å². The van der Waals surface area contributed by atoms with E-state index < -0.39 is 0 Å². The third-order valence-electron chi connectivity index (χ3n) is 4.32. The van der Waals surface area contributed by atoms with Gasteiger partial charge < -0.3 is 29.6 Å². The van der Waals surface area contributed by atoms with Gasteiger partial charge in [-0.15, -0.1) is 0 Å². The number of hydrogen-bond acceptors (Lipinski definition) is 5. The van der Waals surface area contributed by atoms with E-state index in [0.29, 0.717) is 29.8 Å². The topological polar surface area (TPSA) is 61.0 Å². The second-order valence-electron chi connectivity index (χ2n) is 6.03.